The van der Waals surface area contributed by atoms with E-state index in [1.807, 2.05) is 52.9 Å². The smallest absolute Gasteiger partial charge is 0.328 e. The maximum Gasteiger partial charge on any atom is 0.328 e. The minimum Gasteiger partial charge on any atom is -0.392 e. The van der Waals surface area contributed by atoms with Crippen LogP contribution in [0.5, 0.6) is 0 Å². The Bertz CT molecular complexity index is 894. The maximum atomic E-state index is 12.1. The number of halogens is 1. The van der Waals surface area contributed by atoms with Gasteiger partial charge in [0.05, 0.1) is 22.9 Å². The van der Waals surface area contributed by atoms with Crippen molar-refractivity contribution in [2.75, 3.05) is 6.61 Å². The number of rotatable bonds is 5. The van der Waals surface area contributed by atoms with E-state index in [0.717, 1.165) is 12.0 Å². The SMILES string of the molecule is O=c1[nH]c(=O)n([C@H]2C[C@H](O)[C@@]3(COCc4ccccc4)C[C@H]23)cc1I. The van der Waals surface area contributed by atoms with E-state index in [9.17, 15) is 14.7 Å². The van der Waals surface area contributed by atoms with Crippen molar-refractivity contribution < 1.29 is 9.84 Å². The van der Waals surface area contributed by atoms with Crippen LogP contribution >= 0.6 is 22.6 Å². The molecule has 1 aromatic carbocycles. The van der Waals surface area contributed by atoms with Gasteiger partial charge in [0, 0.05) is 17.7 Å². The first kappa shape index (κ1) is 17.0. The topological polar surface area (TPSA) is 84.3 Å². The molecule has 0 aliphatic heterocycles. The minimum atomic E-state index is -0.491. The van der Waals surface area contributed by atoms with Gasteiger partial charge < -0.3 is 9.84 Å². The van der Waals surface area contributed by atoms with Crippen LogP contribution in [0.25, 0.3) is 0 Å². The van der Waals surface area contributed by atoms with Crippen molar-refractivity contribution in [2.24, 2.45) is 11.3 Å². The molecule has 132 valence electrons. The molecule has 6 nitrogen and oxygen atoms in total. The van der Waals surface area contributed by atoms with Crippen LogP contribution in [0.3, 0.4) is 0 Å². The van der Waals surface area contributed by atoms with Crippen LogP contribution in [0, 0.1) is 14.9 Å². The molecule has 0 spiro atoms. The van der Waals surface area contributed by atoms with Gasteiger partial charge in [0.2, 0.25) is 0 Å². The van der Waals surface area contributed by atoms with Crippen molar-refractivity contribution in [3.05, 3.63) is 66.5 Å². The number of aliphatic hydroxyl groups excluding tert-OH is 1. The predicted octanol–water partition coefficient (Wildman–Crippen LogP) is 1.67. The lowest BCUT2D eigenvalue weighted by atomic mass is 10.0. The molecule has 25 heavy (non-hydrogen) atoms. The molecule has 0 saturated heterocycles. The van der Waals surface area contributed by atoms with Gasteiger partial charge in [0.1, 0.15) is 0 Å². The molecule has 1 aromatic heterocycles. The molecule has 2 saturated carbocycles. The molecule has 2 aliphatic carbocycles. The van der Waals surface area contributed by atoms with Crippen molar-refractivity contribution in [2.45, 2.75) is 31.6 Å². The molecule has 0 amide bonds. The number of ether oxygens (including phenoxy) is 1. The van der Waals surface area contributed by atoms with Gasteiger partial charge in [-0.3, -0.25) is 14.3 Å². The molecule has 4 rings (SSSR count). The monoisotopic (exact) mass is 454 g/mol. The minimum absolute atomic E-state index is 0.0896. The van der Waals surface area contributed by atoms with E-state index in [1.54, 1.807) is 10.8 Å². The zero-order chi connectivity index (χ0) is 17.6. The summed E-state index contributed by atoms with van der Waals surface area (Å²) in [6.45, 7) is 1.00. The molecule has 0 radical (unpaired) electrons. The zero-order valence-corrected chi connectivity index (χ0v) is 15.7. The largest absolute Gasteiger partial charge is 0.392 e. The average molecular weight is 454 g/mol. The summed E-state index contributed by atoms with van der Waals surface area (Å²) in [6.07, 6.45) is 2.46. The van der Waals surface area contributed by atoms with E-state index in [0.29, 0.717) is 23.2 Å². The molecular formula is C18H19IN2O4. The van der Waals surface area contributed by atoms with Crippen LogP contribution < -0.4 is 11.2 Å². The second kappa shape index (κ2) is 6.37. The van der Waals surface area contributed by atoms with E-state index >= 15 is 0 Å². The van der Waals surface area contributed by atoms with Crippen molar-refractivity contribution >= 4 is 22.6 Å². The summed E-state index contributed by atoms with van der Waals surface area (Å²) in [5, 5.41) is 10.6. The molecular weight excluding hydrogens is 435 g/mol. The Kier molecular flexibility index (Phi) is 4.33. The fraction of sp³-hybridized carbons (Fsp3) is 0.444. The molecule has 0 unspecified atom stereocenters. The Morgan fingerprint density at radius 2 is 2.08 bits per heavy atom. The van der Waals surface area contributed by atoms with Crippen LogP contribution in [-0.4, -0.2) is 27.4 Å². The number of H-pyrrole nitrogens is 1. The summed E-state index contributed by atoms with van der Waals surface area (Å²) in [5.74, 6) is 0.206. The third-order valence-electron chi connectivity index (χ3n) is 5.54. The molecule has 0 bridgehead atoms. The summed E-state index contributed by atoms with van der Waals surface area (Å²) < 4.78 is 7.92. The third-order valence-corrected chi connectivity index (χ3v) is 6.30. The number of hydrogen-bond donors (Lipinski definition) is 2. The van der Waals surface area contributed by atoms with Crippen LogP contribution in [0.1, 0.15) is 24.4 Å². The number of nitrogens with zero attached hydrogens (tertiary/aromatic N) is 1. The van der Waals surface area contributed by atoms with Crippen molar-refractivity contribution in [1.29, 1.82) is 0 Å². The quantitative estimate of drug-likeness (QED) is 0.674. The normalized spacial score (nSPS) is 30.2. The van der Waals surface area contributed by atoms with Crippen LogP contribution in [0.4, 0.5) is 0 Å². The van der Waals surface area contributed by atoms with Crippen molar-refractivity contribution in [3.8, 4) is 0 Å². The van der Waals surface area contributed by atoms with Crippen LogP contribution in [-0.2, 0) is 11.3 Å². The molecule has 7 heteroatoms. The summed E-state index contributed by atoms with van der Waals surface area (Å²) in [6, 6.07) is 9.85. The van der Waals surface area contributed by atoms with Gasteiger partial charge >= 0.3 is 5.69 Å². The first-order chi connectivity index (χ1) is 12.0. The Balaban J connectivity index is 1.47. The molecule has 1 heterocycles. The molecule has 2 N–H and O–H groups in total. The highest BCUT2D eigenvalue weighted by Crippen LogP contribution is 2.67. The number of aromatic amines is 1. The van der Waals surface area contributed by atoms with Gasteiger partial charge in [-0.15, -0.1) is 0 Å². The number of benzene rings is 1. The summed E-state index contributed by atoms with van der Waals surface area (Å²) in [7, 11) is 0. The van der Waals surface area contributed by atoms with E-state index in [4.69, 9.17) is 4.74 Å². The highest BCUT2D eigenvalue weighted by atomic mass is 127. The van der Waals surface area contributed by atoms with Gasteiger partial charge in [0.15, 0.2) is 0 Å². The van der Waals surface area contributed by atoms with Gasteiger partial charge in [-0.05, 0) is 46.9 Å². The Hall–Kier alpha value is -1.45. The fourth-order valence-corrected chi connectivity index (χ4v) is 4.53. The summed E-state index contributed by atoms with van der Waals surface area (Å²) >= 11 is 1.92. The first-order valence-corrected chi connectivity index (χ1v) is 9.40. The third kappa shape index (κ3) is 2.98. The average Bonchev–Trinajstić information content (AvgIpc) is 3.26. The number of aliphatic hydroxyl groups is 1. The number of hydrogen-bond acceptors (Lipinski definition) is 4. The highest BCUT2D eigenvalue weighted by Gasteiger charge is 2.67. The Labute approximate surface area is 158 Å². The number of nitrogens with one attached hydrogen (secondary N) is 1. The van der Waals surface area contributed by atoms with E-state index in [1.165, 1.54) is 0 Å². The molecule has 4 atom stereocenters. The lowest BCUT2D eigenvalue weighted by molar-refractivity contribution is 0.0134. The van der Waals surface area contributed by atoms with Crippen LogP contribution in [0.2, 0.25) is 0 Å². The lowest BCUT2D eigenvalue weighted by Gasteiger charge is -2.18. The Morgan fingerprint density at radius 1 is 1.32 bits per heavy atom. The van der Waals surface area contributed by atoms with E-state index < -0.39 is 11.8 Å². The molecule has 2 aromatic rings. The zero-order valence-electron chi connectivity index (χ0n) is 13.5. The highest BCUT2D eigenvalue weighted by molar-refractivity contribution is 14.1. The number of aromatic nitrogens is 2. The molecule has 2 fully saturated rings. The lowest BCUT2D eigenvalue weighted by Crippen LogP contribution is -2.34. The van der Waals surface area contributed by atoms with Gasteiger partial charge in [-0.25, -0.2) is 4.79 Å². The first-order valence-electron chi connectivity index (χ1n) is 8.32. The van der Waals surface area contributed by atoms with E-state index in [2.05, 4.69) is 4.98 Å². The molecule has 2 aliphatic rings. The second-order valence-electron chi connectivity index (χ2n) is 6.98. The summed E-state index contributed by atoms with van der Waals surface area (Å²) in [4.78, 5) is 26.0. The standard InChI is InChI=1S/C18H19IN2O4/c19-13-8-21(17(24)20-16(13)23)14-6-15(22)18(7-12(14)18)10-25-9-11-4-2-1-3-5-11/h1-5,8,12,14-15,22H,6-7,9-10H2,(H,20,23,24)/t12-,14+,15+,18-/m1/s1. The van der Waals surface area contributed by atoms with Gasteiger partial charge in [-0.1, -0.05) is 30.3 Å². The van der Waals surface area contributed by atoms with E-state index in [-0.39, 0.29) is 22.9 Å². The van der Waals surface area contributed by atoms with Crippen molar-refractivity contribution in [3.63, 3.8) is 0 Å². The number of fused-ring (bicyclic) bond motifs is 1. The van der Waals surface area contributed by atoms with Crippen molar-refractivity contribution in [1.82, 2.24) is 9.55 Å². The predicted molar refractivity (Wildman–Crippen MR) is 100 cm³/mol. The van der Waals surface area contributed by atoms with Gasteiger partial charge in [-0.2, -0.15) is 0 Å². The van der Waals surface area contributed by atoms with Gasteiger partial charge in [0.25, 0.3) is 5.56 Å². The van der Waals surface area contributed by atoms with Crippen LogP contribution in [0.15, 0.2) is 46.1 Å². The fourth-order valence-electron chi connectivity index (χ4n) is 4.09. The maximum absolute atomic E-state index is 12.1. The Morgan fingerprint density at radius 3 is 2.80 bits per heavy atom. The summed E-state index contributed by atoms with van der Waals surface area (Å²) in [5.41, 5.74) is 0.0659. The second-order valence-corrected chi connectivity index (χ2v) is 8.15.